The van der Waals surface area contributed by atoms with Crippen molar-refractivity contribution >= 4 is 29.7 Å². The summed E-state index contributed by atoms with van der Waals surface area (Å²) >= 11 is 0. The van der Waals surface area contributed by atoms with Crippen LogP contribution in [0.5, 0.6) is 5.75 Å². The molecular weight excluding hydrogens is 599 g/mol. The highest BCUT2D eigenvalue weighted by molar-refractivity contribution is 6.99. The molecule has 2 aliphatic rings. The van der Waals surface area contributed by atoms with Gasteiger partial charge in [0.05, 0.1) is 17.9 Å². The van der Waals surface area contributed by atoms with Crippen molar-refractivity contribution < 1.29 is 13.7 Å². The zero-order valence-corrected chi connectivity index (χ0v) is 30.3. The summed E-state index contributed by atoms with van der Waals surface area (Å²) in [6.07, 6.45) is 9.24. The van der Waals surface area contributed by atoms with Crippen molar-refractivity contribution in [3.05, 3.63) is 84.1 Å². The SMILES string of the molecule is CN(C)Cc1c(OC[C@H]2CC[C@@H](O[Si](c3ccccc3)(c3ccccc3)C(C)(C)C)CC2)ccc2c(CCC3CCNCC3)noc12. The van der Waals surface area contributed by atoms with E-state index < -0.39 is 8.32 Å². The lowest BCUT2D eigenvalue weighted by Crippen LogP contribution is -2.67. The van der Waals surface area contributed by atoms with Gasteiger partial charge in [-0.15, -0.1) is 0 Å². The van der Waals surface area contributed by atoms with Gasteiger partial charge in [-0.3, -0.25) is 0 Å². The van der Waals surface area contributed by atoms with Crippen molar-refractivity contribution in [1.29, 1.82) is 0 Å². The molecule has 0 unspecified atom stereocenters. The van der Waals surface area contributed by atoms with Crippen LogP contribution in [0.3, 0.4) is 0 Å². The number of hydrogen-bond donors (Lipinski definition) is 1. The summed E-state index contributed by atoms with van der Waals surface area (Å²) in [6, 6.07) is 26.4. The average molecular weight is 654 g/mol. The Balaban J connectivity index is 1.13. The van der Waals surface area contributed by atoms with Crippen molar-refractivity contribution in [3.63, 3.8) is 0 Å². The molecule has 6 nitrogen and oxygen atoms in total. The number of aromatic nitrogens is 1. The van der Waals surface area contributed by atoms with Crippen LogP contribution >= 0.6 is 0 Å². The van der Waals surface area contributed by atoms with E-state index in [1.807, 2.05) is 0 Å². The molecule has 1 aromatic heterocycles. The minimum atomic E-state index is -2.55. The van der Waals surface area contributed by atoms with Crippen LogP contribution in [0, 0.1) is 11.8 Å². The number of rotatable bonds is 12. The molecule has 0 atom stereocenters. The topological polar surface area (TPSA) is 59.8 Å². The summed E-state index contributed by atoms with van der Waals surface area (Å²) in [5.41, 5.74) is 3.08. The van der Waals surface area contributed by atoms with Gasteiger partial charge >= 0.3 is 0 Å². The molecule has 6 rings (SSSR count). The largest absolute Gasteiger partial charge is 0.493 e. The molecule has 0 spiro atoms. The van der Waals surface area contributed by atoms with Gasteiger partial charge < -0.3 is 23.9 Å². The van der Waals surface area contributed by atoms with Gasteiger partial charge in [-0.25, -0.2) is 0 Å². The summed E-state index contributed by atoms with van der Waals surface area (Å²) in [6.45, 7) is 10.8. The summed E-state index contributed by atoms with van der Waals surface area (Å²) in [5, 5.41) is 11.9. The monoisotopic (exact) mass is 653 g/mol. The number of nitrogens with one attached hydrogen (secondary N) is 1. The number of nitrogens with zero attached hydrogens (tertiary/aromatic N) is 2. The molecule has 0 bridgehead atoms. The minimum absolute atomic E-state index is 0.00885. The van der Waals surface area contributed by atoms with Crippen molar-refractivity contribution in [2.75, 3.05) is 33.8 Å². The zero-order chi connectivity index (χ0) is 32.9. The van der Waals surface area contributed by atoms with Gasteiger partial charge in [0.25, 0.3) is 8.32 Å². The third-order valence-electron chi connectivity index (χ3n) is 10.5. The summed E-state index contributed by atoms with van der Waals surface area (Å²) in [4.78, 5) is 2.19. The Morgan fingerprint density at radius 3 is 2.06 bits per heavy atom. The van der Waals surface area contributed by atoms with Gasteiger partial charge in [-0.05, 0) is 118 Å². The van der Waals surface area contributed by atoms with E-state index in [1.165, 1.54) is 29.6 Å². The van der Waals surface area contributed by atoms with Crippen LogP contribution in [-0.4, -0.2) is 58.3 Å². The molecule has 1 N–H and O–H groups in total. The number of ether oxygens (including phenoxy) is 1. The fourth-order valence-corrected chi connectivity index (χ4v) is 12.7. The van der Waals surface area contributed by atoms with Crippen molar-refractivity contribution in [2.24, 2.45) is 11.8 Å². The fourth-order valence-electron chi connectivity index (χ4n) is 7.95. The van der Waals surface area contributed by atoms with Crippen LogP contribution in [0.1, 0.15) is 77.0 Å². The van der Waals surface area contributed by atoms with E-state index in [1.54, 1.807) is 0 Å². The quantitative estimate of drug-likeness (QED) is 0.162. The number of aryl methyl sites for hydroxylation is 1. The molecule has 7 heteroatoms. The molecule has 47 heavy (non-hydrogen) atoms. The van der Waals surface area contributed by atoms with E-state index in [0.29, 0.717) is 12.5 Å². The molecule has 1 saturated heterocycles. The Bertz CT molecular complexity index is 1510. The molecule has 0 radical (unpaired) electrons. The second-order valence-corrected chi connectivity index (χ2v) is 19.5. The highest BCUT2D eigenvalue weighted by Crippen LogP contribution is 2.40. The van der Waals surface area contributed by atoms with Crippen LogP contribution < -0.4 is 20.4 Å². The van der Waals surface area contributed by atoms with Crippen LogP contribution in [0.4, 0.5) is 0 Å². The zero-order valence-electron chi connectivity index (χ0n) is 29.3. The molecule has 2 heterocycles. The van der Waals surface area contributed by atoms with E-state index in [4.69, 9.17) is 13.7 Å². The maximum atomic E-state index is 7.47. The smallest absolute Gasteiger partial charge is 0.261 e. The first kappa shape index (κ1) is 33.9. The van der Waals surface area contributed by atoms with Gasteiger partial charge in [0, 0.05) is 18.0 Å². The summed E-state index contributed by atoms with van der Waals surface area (Å²) < 4.78 is 20.1. The first-order valence-electron chi connectivity index (χ1n) is 17.9. The Labute approximate surface area is 283 Å². The van der Waals surface area contributed by atoms with Gasteiger partial charge in [-0.2, -0.15) is 0 Å². The standard InChI is InChI=1S/C40H55N3O3Si/c1-40(2,3)47(33-12-8-6-9-13-33,34-14-10-7-11-15-34)46-32-19-16-31(17-20-32)29-44-38-23-21-35-37(22-18-30-24-26-41-27-25-30)42-45-39(35)36(38)28-43(4)5/h6-15,21,23,30-32,41H,16-20,22,24-29H2,1-5H3/t31-,32+. The maximum Gasteiger partial charge on any atom is 0.261 e. The molecule has 3 aromatic carbocycles. The predicted octanol–water partition coefficient (Wildman–Crippen LogP) is 7.34. The summed E-state index contributed by atoms with van der Waals surface area (Å²) in [5.74, 6) is 2.21. The Kier molecular flexibility index (Phi) is 10.9. The van der Waals surface area contributed by atoms with E-state index >= 15 is 0 Å². The Morgan fingerprint density at radius 2 is 1.47 bits per heavy atom. The van der Waals surface area contributed by atoms with Crippen molar-refractivity contribution in [3.8, 4) is 5.75 Å². The molecule has 1 aliphatic carbocycles. The minimum Gasteiger partial charge on any atom is -0.493 e. The highest BCUT2D eigenvalue weighted by atomic mass is 28.4. The van der Waals surface area contributed by atoms with Gasteiger partial charge in [-0.1, -0.05) is 86.6 Å². The fraction of sp³-hybridized carbons (Fsp3) is 0.525. The van der Waals surface area contributed by atoms with Gasteiger partial charge in [0.1, 0.15) is 5.75 Å². The normalized spacial score (nSPS) is 19.8. The lowest BCUT2D eigenvalue weighted by Gasteiger charge is -2.46. The molecule has 1 saturated carbocycles. The molecule has 1 aliphatic heterocycles. The van der Waals surface area contributed by atoms with E-state index in [-0.39, 0.29) is 11.1 Å². The summed E-state index contributed by atoms with van der Waals surface area (Å²) in [7, 11) is 1.65. The number of piperidine rings is 1. The molecule has 252 valence electrons. The van der Waals surface area contributed by atoms with E-state index in [0.717, 1.165) is 85.6 Å². The lowest BCUT2D eigenvalue weighted by molar-refractivity contribution is 0.102. The van der Waals surface area contributed by atoms with Crippen LogP contribution in [-0.2, 0) is 17.4 Å². The third kappa shape index (κ3) is 7.69. The predicted molar refractivity (Wildman–Crippen MR) is 195 cm³/mol. The molecule has 4 aromatic rings. The highest BCUT2D eigenvalue weighted by Gasteiger charge is 2.51. The van der Waals surface area contributed by atoms with Crippen molar-refractivity contribution in [2.45, 2.75) is 89.8 Å². The Hall–Kier alpha value is -2.97. The van der Waals surface area contributed by atoms with Crippen LogP contribution in [0.2, 0.25) is 5.04 Å². The number of fused-ring (bicyclic) bond motifs is 1. The number of hydrogen-bond acceptors (Lipinski definition) is 6. The number of benzene rings is 3. The lowest BCUT2D eigenvalue weighted by atomic mass is 9.88. The van der Waals surface area contributed by atoms with Crippen LogP contribution in [0.15, 0.2) is 77.3 Å². The first-order chi connectivity index (χ1) is 22.7. The molecule has 0 amide bonds. The maximum absolute atomic E-state index is 7.47. The first-order valence-corrected chi connectivity index (χ1v) is 19.8. The van der Waals surface area contributed by atoms with Crippen LogP contribution in [0.25, 0.3) is 11.0 Å². The van der Waals surface area contributed by atoms with E-state index in [2.05, 4.69) is 123 Å². The van der Waals surface area contributed by atoms with Gasteiger partial charge in [0.15, 0.2) is 5.58 Å². The van der Waals surface area contributed by atoms with E-state index in [9.17, 15) is 0 Å². The Morgan fingerprint density at radius 1 is 0.830 bits per heavy atom. The van der Waals surface area contributed by atoms with Crippen molar-refractivity contribution in [1.82, 2.24) is 15.4 Å². The third-order valence-corrected chi connectivity index (χ3v) is 15.6. The second kappa shape index (κ2) is 15.1. The average Bonchev–Trinajstić information content (AvgIpc) is 3.50. The second-order valence-electron chi connectivity index (χ2n) is 15.3. The molecule has 2 fully saturated rings. The van der Waals surface area contributed by atoms with Gasteiger partial charge in [0.2, 0.25) is 0 Å². The molecular formula is C40H55N3O3Si.